The lowest BCUT2D eigenvalue weighted by Crippen LogP contribution is -2.40. The number of rotatable bonds is 7. The number of allylic oxidation sites excluding steroid dienone is 1. The molecule has 9 nitrogen and oxygen atoms in total. The van der Waals surface area contributed by atoms with Gasteiger partial charge >= 0.3 is 11.9 Å². The van der Waals surface area contributed by atoms with Crippen LogP contribution in [0.3, 0.4) is 0 Å². The average molecular weight is 494 g/mol. The molecule has 2 aromatic carbocycles. The van der Waals surface area contributed by atoms with Crippen molar-refractivity contribution in [1.82, 2.24) is 4.57 Å². The van der Waals surface area contributed by atoms with Crippen molar-refractivity contribution in [2.75, 3.05) is 19.0 Å². The van der Waals surface area contributed by atoms with Crippen LogP contribution >= 0.6 is 11.3 Å². The van der Waals surface area contributed by atoms with Crippen LogP contribution in [-0.2, 0) is 9.53 Å². The first-order chi connectivity index (χ1) is 16.8. The number of methoxy groups -OCH3 is 1. The smallest absolute Gasteiger partial charge is 0.338 e. The molecule has 0 saturated heterocycles. The van der Waals surface area contributed by atoms with Crippen molar-refractivity contribution < 1.29 is 24.2 Å². The van der Waals surface area contributed by atoms with E-state index in [0.717, 1.165) is 11.3 Å². The highest BCUT2D eigenvalue weighted by molar-refractivity contribution is 7.07. The minimum absolute atomic E-state index is 0.123. The number of carbonyl (C=O) groups excluding carboxylic acids is 1. The number of thiazole rings is 1. The molecule has 2 N–H and O–H groups in total. The van der Waals surface area contributed by atoms with Gasteiger partial charge in [0.25, 0.3) is 5.56 Å². The molecular formula is C25H23N3O6S. The Hall–Kier alpha value is -4.18. The van der Waals surface area contributed by atoms with E-state index in [-0.39, 0.29) is 23.3 Å². The third-order valence-electron chi connectivity index (χ3n) is 5.41. The van der Waals surface area contributed by atoms with Crippen molar-refractivity contribution in [3.05, 3.63) is 90.6 Å². The largest absolute Gasteiger partial charge is 0.497 e. The molecule has 180 valence electrons. The molecule has 0 radical (unpaired) electrons. The topological polar surface area (TPSA) is 119 Å². The SMILES string of the molecule is CCOC(=O)C1=C(C)N=c2s/c(=C\Nc3cccc(C(=O)O)c3)c(=O)n2[C@H]1c1cccc(OC)c1. The molecule has 0 spiro atoms. The molecule has 0 bridgehead atoms. The molecule has 0 unspecified atom stereocenters. The Morgan fingerprint density at radius 1 is 1.23 bits per heavy atom. The number of aromatic nitrogens is 1. The van der Waals surface area contributed by atoms with E-state index in [1.807, 2.05) is 6.07 Å². The highest BCUT2D eigenvalue weighted by Gasteiger charge is 2.33. The standard InChI is InChI=1S/C25H23N3O6S/c1-4-34-24(32)20-14(2)27-25-28(21(20)15-7-6-10-18(12-15)33-3)22(29)19(35-25)13-26-17-9-5-8-16(11-17)23(30)31/h5-13,21,26H,4H2,1-3H3,(H,30,31)/b19-13-/t21-/m0/s1. The predicted octanol–water partition coefficient (Wildman–Crippen LogP) is 2.53. The van der Waals surface area contributed by atoms with Crippen molar-refractivity contribution >= 4 is 35.2 Å². The van der Waals surface area contributed by atoms with Gasteiger partial charge in [-0.15, -0.1) is 0 Å². The van der Waals surface area contributed by atoms with Crippen LogP contribution in [0.2, 0.25) is 0 Å². The molecule has 1 aliphatic rings. The van der Waals surface area contributed by atoms with Crippen LogP contribution in [0.4, 0.5) is 5.69 Å². The Morgan fingerprint density at radius 2 is 2.00 bits per heavy atom. The number of ether oxygens (including phenoxy) is 2. The number of hydrogen-bond donors (Lipinski definition) is 2. The molecule has 10 heteroatoms. The van der Waals surface area contributed by atoms with Crippen LogP contribution < -0.4 is 24.9 Å². The lowest BCUT2D eigenvalue weighted by atomic mass is 9.95. The first-order valence-electron chi connectivity index (χ1n) is 10.8. The lowest BCUT2D eigenvalue weighted by molar-refractivity contribution is -0.139. The maximum atomic E-state index is 13.5. The van der Waals surface area contributed by atoms with E-state index >= 15 is 0 Å². The molecule has 1 atom stereocenters. The number of benzene rings is 2. The highest BCUT2D eigenvalue weighted by Crippen LogP contribution is 2.32. The normalized spacial score (nSPS) is 15.3. The Balaban J connectivity index is 1.85. The van der Waals surface area contributed by atoms with Crippen molar-refractivity contribution in [3.63, 3.8) is 0 Å². The Labute approximate surface area is 204 Å². The summed E-state index contributed by atoms with van der Waals surface area (Å²) in [6.07, 6.45) is 1.51. The number of aromatic carboxylic acids is 1. The van der Waals surface area contributed by atoms with Crippen molar-refractivity contribution in [1.29, 1.82) is 0 Å². The molecule has 0 fully saturated rings. The van der Waals surface area contributed by atoms with Gasteiger partial charge in [-0.1, -0.05) is 29.5 Å². The highest BCUT2D eigenvalue weighted by atomic mass is 32.1. The number of carboxylic acid groups (broad SMARTS) is 1. The number of nitrogens with one attached hydrogen (secondary N) is 1. The summed E-state index contributed by atoms with van der Waals surface area (Å²) >= 11 is 1.16. The molecule has 1 aliphatic heterocycles. The summed E-state index contributed by atoms with van der Waals surface area (Å²) in [5.41, 5.74) is 1.71. The molecule has 4 rings (SSSR count). The quantitative estimate of drug-likeness (QED) is 0.486. The average Bonchev–Trinajstić information content (AvgIpc) is 3.16. The zero-order chi connectivity index (χ0) is 25.1. The fourth-order valence-electron chi connectivity index (χ4n) is 3.81. The Kier molecular flexibility index (Phi) is 6.83. The summed E-state index contributed by atoms with van der Waals surface area (Å²) < 4.78 is 12.5. The molecule has 2 heterocycles. The summed E-state index contributed by atoms with van der Waals surface area (Å²) in [7, 11) is 1.54. The van der Waals surface area contributed by atoms with Crippen LogP contribution in [0.25, 0.3) is 6.20 Å². The van der Waals surface area contributed by atoms with Gasteiger partial charge in [-0.25, -0.2) is 14.6 Å². The summed E-state index contributed by atoms with van der Waals surface area (Å²) in [5, 5.41) is 12.2. The first-order valence-corrected chi connectivity index (χ1v) is 11.6. The van der Waals surface area contributed by atoms with Crippen LogP contribution in [0.5, 0.6) is 5.75 Å². The van der Waals surface area contributed by atoms with Crippen molar-refractivity contribution in [2.45, 2.75) is 19.9 Å². The van der Waals surface area contributed by atoms with E-state index < -0.39 is 18.0 Å². The number of hydrogen-bond acceptors (Lipinski definition) is 8. The minimum atomic E-state index is -1.05. The van der Waals surface area contributed by atoms with Gasteiger partial charge in [0.2, 0.25) is 0 Å². The molecule has 0 aliphatic carbocycles. The summed E-state index contributed by atoms with van der Waals surface area (Å²) in [6.45, 7) is 3.62. The minimum Gasteiger partial charge on any atom is -0.497 e. The van der Waals surface area contributed by atoms with Gasteiger partial charge in [0.1, 0.15) is 10.3 Å². The van der Waals surface area contributed by atoms with Crippen molar-refractivity contribution in [3.8, 4) is 5.75 Å². The molecule has 0 saturated carbocycles. The second-order valence-corrected chi connectivity index (χ2v) is 8.62. The summed E-state index contributed by atoms with van der Waals surface area (Å²) in [6, 6.07) is 12.7. The van der Waals surface area contributed by atoms with E-state index in [1.165, 1.54) is 22.9 Å². The van der Waals surface area contributed by atoms with Gasteiger partial charge in [-0.05, 0) is 49.7 Å². The van der Waals surface area contributed by atoms with E-state index in [9.17, 15) is 19.5 Å². The maximum Gasteiger partial charge on any atom is 0.338 e. The number of carbonyl (C=O) groups is 2. The second kappa shape index (κ2) is 9.98. The molecule has 3 aromatic rings. The van der Waals surface area contributed by atoms with E-state index in [0.29, 0.717) is 32.0 Å². The number of esters is 1. The van der Waals surface area contributed by atoms with Gasteiger partial charge in [0.15, 0.2) is 4.80 Å². The molecule has 35 heavy (non-hydrogen) atoms. The van der Waals surface area contributed by atoms with Crippen LogP contribution in [0, 0.1) is 0 Å². The number of anilines is 1. The maximum absolute atomic E-state index is 13.5. The van der Waals surface area contributed by atoms with E-state index in [4.69, 9.17) is 9.47 Å². The van der Waals surface area contributed by atoms with Crippen molar-refractivity contribution in [2.24, 2.45) is 4.99 Å². The first kappa shape index (κ1) is 24.0. The van der Waals surface area contributed by atoms with Gasteiger partial charge in [-0.2, -0.15) is 0 Å². The van der Waals surface area contributed by atoms with Crippen LogP contribution in [-0.4, -0.2) is 35.3 Å². The summed E-state index contributed by atoms with van der Waals surface area (Å²) in [4.78, 5) is 42.6. The molecule has 1 aromatic heterocycles. The van der Waals surface area contributed by atoms with Gasteiger partial charge in [0, 0.05) is 11.9 Å². The van der Waals surface area contributed by atoms with E-state index in [2.05, 4.69) is 10.3 Å². The predicted molar refractivity (Wildman–Crippen MR) is 131 cm³/mol. The zero-order valence-electron chi connectivity index (χ0n) is 19.3. The third kappa shape index (κ3) is 4.73. The van der Waals surface area contributed by atoms with Crippen LogP contribution in [0.15, 0.2) is 69.6 Å². The third-order valence-corrected chi connectivity index (χ3v) is 6.39. The second-order valence-electron chi connectivity index (χ2n) is 7.61. The Morgan fingerprint density at radius 3 is 2.71 bits per heavy atom. The summed E-state index contributed by atoms with van der Waals surface area (Å²) in [5.74, 6) is -1.00. The molecule has 0 amide bonds. The fraction of sp³-hybridized carbons (Fsp3) is 0.200. The number of carboxylic acids is 1. The monoisotopic (exact) mass is 493 g/mol. The number of nitrogens with zero attached hydrogens (tertiary/aromatic N) is 2. The van der Waals surface area contributed by atoms with Crippen LogP contribution in [0.1, 0.15) is 35.8 Å². The van der Waals surface area contributed by atoms with Gasteiger partial charge in [-0.3, -0.25) is 9.36 Å². The van der Waals surface area contributed by atoms with Gasteiger partial charge < -0.3 is 19.9 Å². The zero-order valence-corrected chi connectivity index (χ0v) is 20.1. The fourth-order valence-corrected chi connectivity index (χ4v) is 4.78. The molecular weight excluding hydrogens is 470 g/mol. The van der Waals surface area contributed by atoms with E-state index in [1.54, 1.807) is 51.3 Å². The van der Waals surface area contributed by atoms with Gasteiger partial charge in [0.05, 0.1) is 36.6 Å². The number of fused-ring (bicyclic) bond motifs is 1. The lowest BCUT2D eigenvalue weighted by Gasteiger charge is -2.24. The Bertz CT molecular complexity index is 1520.